The molecule has 3 heterocycles. The van der Waals surface area contributed by atoms with Crippen molar-refractivity contribution in [1.82, 2.24) is 14.5 Å². The molecular formula is C36H21N3O. The maximum Gasteiger partial charge on any atom is 0.235 e. The van der Waals surface area contributed by atoms with Crippen LogP contribution in [0.25, 0.3) is 82.6 Å². The van der Waals surface area contributed by atoms with Crippen LogP contribution in [0.15, 0.2) is 132 Å². The van der Waals surface area contributed by atoms with Gasteiger partial charge in [-0.3, -0.25) is 4.57 Å². The Morgan fingerprint density at radius 2 is 1.25 bits per heavy atom. The molecule has 0 amide bonds. The Hall–Kier alpha value is -5.48. The van der Waals surface area contributed by atoms with E-state index < -0.39 is 0 Å². The molecule has 0 aliphatic rings. The lowest BCUT2D eigenvalue weighted by Crippen LogP contribution is -2.03. The van der Waals surface area contributed by atoms with Crippen molar-refractivity contribution in [2.75, 3.05) is 0 Å². The Kier molecular flexibility index (Phi) is 4.30. The zero-order valence-corrected chi connectivity index (χ0v) is 21.4. The van der Waals surface area contributed by atoms with Gasteiger partial charge in [-0.05, 0) is 47.2 Å². The lowest BCUT2D eigenvalue weighted by molar-refractivity contribution is 0.669. The Balaban J connectivity index is 1.42. The number of furan rings is 1. The van der Waals surface area contributed by atoms with Crippen molar-refractivity contribution in [3.05, 3.63) is 127 Å². The van der Waals surface area contributed by atoms with Crippen molar-refractivity contribution in [3.8, 4) is 17.2 Å². The first-order valence-electron chi connectivity index (χ1n) is 13.4. The maximum atomic E-state index is 6.21. The van der Waals surface area contributed by atoms with Gasteiger partial charge in [0, 0.05) is 32.5 Å². The molecule has 0 fully saturated rings. The number of aromatic nitrogens is 3. The third-order valence-electron chi connectivity index (χ3n) is 7.99. The maximum absolute atomic E-state index is 6.21. The quantitative estimate of drug-likeness (QED) is 0.232. The fraction of sp³-hybridized carbons (Fsp3) is 0. The summed E-state index contributed by atoms with van der Waals surface area (Å²) in [6.07, 6.45) is 0. The average molecular weight is 512 g/mol. The zero-order chi connectivity index (χ0) is 26.2. The summed E-state index contributed by atoms with van der Waals surface area (Å²) in [7, 11) is 0. The molecule has 4 heteroatoms. The fourth-order valence-electron chi connectivity index (χ4n) is 6.21. The topological polar surface area (TPSA) is 43.9 Å². The van der Waals surface area contributed by atoms with Gasteiger partial charge < -0.3 is 4.42 Å². The standard InChI is InChI=1S/C36H21N3O/c1-2-10-22(11-3-1)35-25-13-4-7-15-29(25)37-36(38-35)39-30-16-8-5-14-26(30)34-27-21-28-24-12-6-9-17-32(24)40-33(28)20-23(27)18-19-31(34)39/h1-21H. The predicted molar refractivity (Wildman–Crippen MR) is 164 cm³/mol. The van der Waals surface area contributed by atoms with Gasteiger partial charge in [-0.15, -0.1) is 0 Å². The molecule has 0 N–H and O–H groups in total. The lowest BCUT2D eigenvalue weighted by atomic mass is 10.0. The largest absolute Gasteiger partial charge is 0.456 e. The Labute approximate surface area is 228 Å². The van der Waals surface area contributed by atoms with Crippen molar-refractivity contribution in [3.63, 3.8) is 0 Å². The van der Waals surface area contributed by atoms with Gasteiger partial charge in [-0.2, -0.15) is 0 Å². The monoisotopic (exact) mass is 511 g/mol. The molecular weight excluding hydrogens is 490 g/mol. The second kappa shape index (κ2) is 8.01. The van der Waals surface area contributed by atoms with Crippen LogP contribution in [0.5, 0.6) is 0 Å². The summed E-state index contributed by atoms with van der Waals surface area (Å²) in [6, 6.07) is 44.2. The number of benzene rings is 6. The molecule has 0 bridgehead atoms. The molecule has 6 aromatic carbocycles. The van der Waals surface area contributed by atoms with E-state index in [-0.39, 0.29) is 0 Å². The molecule has 40 heavy (non-hydrogen) atoms. The van der Waals surface area contributed by atoms with E-state index in [9.17, 15) is 0 Å². The van der Waals surface area contributed by atoms with Crippen LogP contribution in [0.4, 0.5) is 0 Å². The van der Waals surface area contributed by atoms with Gasteiger partial charge in [0.1, 0.15) is 11.2 Å². The van der Waals surface area contributed by atoms with E-state index in [0.717, 1.165) is 60.5 Å². The highest BCUT2D eigenvalue weighted by molar-refractivity contribution is 6.24. The smallest absolute Gasteiger partial charge is 0.235 e. The van der Waals surface area contributed by atoms with Crippen LogP contribution in [0.1, 0.15) is 0 Å². The van der Waals surface area contributed by atoms with Gasteiger partial charge in [0.05, 0.1) is 22.2 Å². The molecule has 186 valence electrons. The molecule has 9 aromatic rings. The van der Waals surface area contributed by atoms with Crippen LogP contribution < -0.4 is 0 Å². The first-order chi connectivity index (χ1) is 19.8. The van der Waals surface area contributed by atoms with Gasteiger partial charge in [0.2, 0.25) is 5.95 Å². The van der Waals surface area contributed by atoms with Crippen molar-refractivity contribution < 1.29 is 4.42 Å². The highest BCUT2D eigenvalue weighted by atomic mass is 16.3. The highest BCUT2D eigenvalue weighted by Gasteiger charge is 2.19. The minimum atomic E-state index is 0.665. The van der Waals surface area contributed by atoms with Crippen LogP contribution in [0.3, 0.4) is 0 Å². The van der Waals surface area contributed by atoms with E-state index >= 15 is 0 Å². The molecule has 4 nitrogen and oxygen atoms in total. The minimum Gasteiger partial charge on any atom is -0.456 e. The van der Waals surface area contributed by atoms with E-state index in [1.807, 2.05) is 30.3 Å². The van der Waals surface area contributed by atoms with E-state index in [1.54, 1.807) is 0 Å². The molecule has 0 radical (unpaired) electrons. The van der Waals surface area contributed by atoms with Crippen LogP contribution >= 0.6 is 0 Å². The van der Waals surface area contributed by atoms with Gasteiger partial charge in [-0.1, -0.05) is 91.0 Å². The van der Waals surface area contributed by atoms with Crippen LogP contribution in [-0.2, 0) is 0 Å². The number of hydrogen-bond acceptors (Lipinski definition) is 3. The van der Waals surface area contributed by atoms with Gasteiger partial charge in [-0.25, -0.2) is 9.97 Å². The molecule has 0 unspecified atom stereocenters. The number of nitrogens with zero attached hydrogens (tertiary/aromatic N) is 3. The Morgan fingerprint density at radius 1 is 0.500 bits per heavy atom. The SMILES string of the molecule is c1ccc(-c2nc(-n3c4ccccc4c4c5cc6c(cc5ccc43)oc3ccccc36)nc3ccccc23)cc1. The zero-order valence-electron chi connectivity index (χ0n) is 21.4. The summed E-state index contributed by atoms with van der Waals surface area (Å²) in [5.41, 5.74) is 6.89. The molecule has 0 spiro atoms. The number of fused-ring (bicyclic) bond motifs is 9. The molecule has 0 atom stereocenters. The lowest BCUT2D eigenvalue weighted by Gasteiger charge is -2.11. The molecule has 3 aromatic heterocycles. The fourth-order valence-corrected chi connectivity index (χ4v) is 6.21. The molecule has 0 aliphatic carbocycles. The summed E-state index contributed by atoms with van der Waals surface area (Å²) < 4.78 is 8.41. The number of para-hydroxylation sites is 3. The van der Waals surface area contributed by atoms with Gasteiger partial charge in [0.15, 0.2) is 0 Å². The summed E-state index contributed by atoms with van der Waals surface area (Å²) in [5.74, 6) is 0.665. The normalized spacial score (nSPS) is 12.0. The first-order valence-corrected chi connectivity index (χ1v) is 13.4. The van der Waals surface area contributed by atoms with Crippen molar-refractivity contribution in [1.29, 1.82) is 0 Å². The van der Waals surface area contributed by atoms with Crippen molar-refractivity contribution in [2.24, 2.45) is 0 Å². The van der Waals surface area contributed by atoms with Crippen molar-refractivity contribution >= 4 is 65.4 Å². The van der Waals surface area contributed by atoms with Crippen LogP contribution in [0.2, 0.25) is 0 Å². The number of rotatable bonds is 2. The third-order valence-corrected chi connectivity index (χ3v) is 7.99. The summed E-state index contributed by atoms with van der Waals surface area (Å²) in [4.78, 5) is 10.3. The molecule has 0 saturated heterocycles. The molecule has 9 rings (SSSR count). The summed E-state index contributed by atoms with van der Waals surface area (Å²) in [6.45, 7) is 0. The van der Waals surface area contributed by atoms with E-state index in [4.69, 9.17) is 14.4 Å². The molecule has 0 aliphatic heterocycles. The Bertz CT molecular complexity index is 2430. The third kappa shape index (κ3) is 2.96. The second-order valence-corrected chi connectivity index (χ2v) is 10.2. The van der Waals surface area contributed by atoms with E-state index in [2.05, 4.69) is 102 Å². The minimum absolute atomic E-state index is 0.665. The summed E-state index contributed by atoms with van der Waals surface area (Å²) in [5, 5.41) is 8.00. The van der Waals surface area contributed by atoms with E-state index in [0.29, 0.717) is 5.95 Å². The Morgan fingerprint density at radius 3 is 2.15 bits per heavy atom. The van der Waals surface area contributed by atoms with Gasteiger partial charge in [0.25, 0.3) is 0 Å². The summed E-state index contributed by atoms with van der Waals surface area (Å²) >= 11 is 0. The van der Waals surface area contributed by atoms with Gasteiger partial charge >= 0.3 is 0 Å². The van der Waals surface area contributed by atoms with Crippen molar-refractivity contribution in [2.45, 2.75) is 0 Å². The van der Waals surface area contributed by atoms with E-state index in [1.165, 1.54) is 16.2 Å². The highest BCUT2D eigenvalue weighted by Crippen LogP contribution is 2.40. The second-order valence-electron chi connectivity index (χ2n) is 10.2. The van der Waals surface area contributed by atoms with Crippen LogP contribution in [-0.4, -0.2) is 14.5 Å². The number of hydrogen-bond donors (Lipinski definition) is 0. The molecule has 0 saturated carbocycles. The predicted octanol–water partition coefficient (Wildman–Crippen LogP) is 9.45. The first kappa shape index (κ1) is 21.5. The average Bonchev–Trinajstić information content (AvgIpc) is 3.55. The van der Waals surface area contributed by atoms with Crippen LogP contribution in [0, 0.1) is 0 Å².